The van der Waals surface area contributed by atoms with Crippen LogP contribution in [0.15, 0.2) is 54.6 Å². The van der Waals surface area contributed by atoms with Crippen molar-refractivity contribution >= 4 is 52.5 Å². The van der Waals surface area contributed by atoms with Crippen LogP contribution in [0, 0.1) is 16.0 Å². The Kier molecular flexibility index (Phi) is 9.02. The highest BCUT2D eigenvalue weighted by atomic mass is 32.1. The normalized spacial score (nSPS) is 13.6. The average Bonchev–Trinajstić information content (AvgIpc) is 2.87. The zero-order valence-corrected chi connectivity index (χ0v) is 19.6. The molecule has 3 rings (SSSR count). The van der Waals surface area contributed by atoms with Gasteiger partial charge in [-0.2, -0.15) is 0 Å². The van der Waals surface area contributed by atoms with Crippen molar-refractivity contribution in [1.29, 1.82) is 0 Å². The SMILES string of the molecule is O=C(/C=C/c1cccc([N+](=O)[O-])c1)NC(=S)NNC(=O)c1ccc(NC(=O)C2CCCCC2)cc1. The Labute approximate surface area is 207 Å². The molecule has 2 aromatic rings. The first-order chi connectivity index (χ1) is 16.8. The van der Waals surface area contributed by atoms with Gasteiger partial charge >= 0.3 is 0 Å². The Hall–Kier alpha value is -4.12. The predicted octanol–water partition coefficient (Wildman–Crippen LogP) is 3.46. The zero-order chi connectivity index (χ0) is 25.2. The topological polar surface area (TPSA) is 142 Å². The first-order valence-corrected chi connectivity index (χ1v) is 11.5. The van der Waals surface area contributed by atoms with E-state index in [0.29, 0.717) is 16.8 Å². The van der Waals surface area contributed by atoms with E-state index < -0.39 is 16.7 Å². The van der Waals surface area contributed by atoms with Gasteiger partial charge in [0.2, 0.25) is 11.8 Å². The lowest BCUT2D eigenvalue weighted by molar-refractivity contribution is -0.384. The van der Waals surface area contributed by atoms with Gasteiger partial charge in [-0.05, 0) is 61.0 Å². The first kappa shape index (κ1) is 25.5. The Morgan fingerprint density at radius 2 is 1.71 bits per heavy atom. The smallest absolute Gasteiger partial charge is 0.270 e. The number of anilines is 1. The third kappa shape index (κ3) is 8.00. The molecule has 2 aromatic carbocycles. The van der Waals surface area contributed by atoms with Crippen LogP contribution < -0.4 is 21.5 Å². The van der Waals surface area contributed by atoms with Crippen LogP contribution in [0.2, 0.25) is 0 Å². The van der Waals surface area contributed by atoms with Gasteiger partial charge in [0.05, 0.1) is 4.92 Å². The molecule has 0 aromatic heterocycles. The summed E-state index contributed by atoms with van der Waals surface area (Å²) in [6, 6.07) is 12.2. The molecule has 4 N–H and O–H groups in total. The van der Waals surface area contributed by atoms with E-state index in [1.165, 1.54) is 30.7 Å². The number of nitrogens with zero attached hydrogens (tertiary/aromatic N) is 1. The summed E-state index contributed by atoms with van der Waals surface area (Å²) in [5.74, 6) is -1.03. The summed E-state index contributed by atoms with van der Waals surface area (Å²) in [6.07, 6.45) is 7.68. The molecule has 0 spiro atoms. The van der Waals surface area contributed by atoms with E-state index in [0.717, 1.165) is 31.8 Å². The van der Waals surface area contributed by atoms with E-state index in [-0.39, 0.29) is 22.6 Å². The third-order valence-electron chi connectivity index (χ3n) is 5.43. The predicted molar refractivity (Wildman–Crippen MR) is 135 cm³/mol. The number of rotatable bonds is 6. The van der Waals surface area contributed by atoms with Crippen LogP contribution in [0.3, 0.4) is 0 Å². The van der Waals surface area contributed by atoms with Crippen LogP contribution >= 0.6 is 12.2 Å². The number of nitro benzene ring substituents is 1. The number of hydrogen-bond donors (Lipinski definition) is 4. The fourth-order valence-corrected chi connectivity index (χ4v) is 3.75. The molecule has 0 saturated heterocycles. The van der Waals surface area contributed by atoms with E-state index in [1.54, 1.807) is 30.3 Å². The highest BCUT2D eigenvalue weighted by Gasteiger charge is 2.21. The lowest BCUT2D eigenvalue weighted by atomic mass is 9.88. The van der Waals surface area contributed by atoms with Gasteiger partial charge in [-0.25, -0.2) is 0 Å². The van der Waals surface area contributed by atoms with Crippen molar-refractivity contribution < 1.29 is 19.3 Å². The summed E-state index contributed by atoms with van der Waals surface area (Å²) in [5.41, 5.74) is 6.13. The molecule has 0 aliphatic heterocycles. The molecule has 0 atom stereocenters. The van der Waals surface area contributed by atoms with Crippen molar-refractivity contribution in [2.45, 2.75) is 32.1 Å². The van der Waals surface area contributed by atoms with Crippen LogP contribution in [0.25, 0.3) is 6.08 Å². The molecule has 3 amide bonds. The summed E-state index contributed by atoms with van der Waals surface area (Å²) in [4.78, 5) is 46.9. The van der Waals surface area contributed by atoms with E-state index in [9.17, 15) is 24.5 Å². The molecule has 1 fully saturated rings. The molecule has 35 heavy (non-hydrogen) atoms. The van der Waals surface area contributed by atoms with Crippen LogP contribution in [0.1, 0.15) is 48.0 Å². The monoisotopic (exact) mass is 495 g/mol. The fraction of sp³-hybridized carbons (Fsp3) is 0.250. The number of nitro groups is 1. The fourth-order valence-electron chi connectivity index (χ4n) is 3.60. The van der Waals surface area contributed by atoms with Gasteiger partial charge in [-0.15, -0.1) is 0 Å². The molecule has 1 saturated carbocycles. The van der Waals surface area contributed by atoms with E-state index in [1.807, 2.05) is 0 Å². The standard InChI is InChI=1S/C24H25N5O5S/c30-21(14-9-16-5-4-8-20(15-16)29(33)34)26-24(35)28-27-23(32)18-10-12-19(13-11-18)25-22(31)17-6-2-1-3-7-17/h4-5,8-15,17H,1-3,6-7H2,(H,25,31)(H,27,32)(H2,26,28,30,35)/b14-9+. The second kappa shape index (κ2) is 12.4. The molecule has 11 heteroatoms. The van der Waals surface area contributed by atoms with Gasteiger partial charge in [0.15, 0.2) is 5.11 Å². The minimum Gasteiger partial charge on any atom is -0.326 e. The molecule has 0 heterocycles. The van der Waals surface area contributed by atoms with Crippen LogP contribution in [0.4, 0.5) is 11.4 Å². The summed E-state index contributed by atoms with van der Waals surface area (Å²) in [7, 11) is 0. The van der Waals surface area contributed by atoms with Crippen molar-refractivity contribution in [2.75, 3.05) is 5.32 Å². The Morgan fingerprint density at radius 3 is 2.40 bits per heavy atom. The maximum absolute atomic E-state index is 12.3. The van der Waals surface area contributed by atoms with Crippen molar-refractivity contribution in [3.8, 4) is 0 Å². The molecule has 1 aliphatic rings. The van der Waals surface area contributed by atoms with Gasteiger partial charge < -0.3 is 5.32 Å². The Morgan fingerprint density at radius 1 is 1.00 bits per heavy atom. The number of hydrogen-bond acceptors (Lipinski definition) is 6. The maximum Gasteiger partial charge on any atom is 0.270 e. The molecule has 10 nitrogen and oxygen atoms in total. The molecular weight excluding hydrogens is 470 g/mol. The molecule has 182 valence electrons. The maximum atomic E-state index is 12.3. The quantitative estimate of drug-likeness (QED) is 0.208. The highest BCUT2D eigenvalue weighted by Crippen LogP contribution is 2.25. The number of amides is 3. The summed E-state index contributed by atoms with van der Waals surface area (Å²) >= 11 is 4.99. The van der Waals surface area contributed by atoms with Crippen molar-refractivity contribution in [3.05, 3.63) is 75.8 Å². The van der Waals surface area contributed by atoms with Gasteiger partial charge in [-0.1, -0.05) is 31.4 Å². The summed E-state index contributed by atoms with van der Waals surface area (Å²) in [6.45, 7) is 0. The molecule has 0 radical (unpaired) electrons. The highest BCUT2D eigenvalue weighted by molar-refractivity contribution is 7.80. The van der Waals surface area contributed by atoms with Crippen molar-refractivity contribution in [2.24, 2.45) is 5.92 Å². The third-order valence-corrected chi connectivity index (χ3v) is 5.63. The number of carbonyl (C=O) groups is 3. The second-order valence-corrected chi connectivity index (χ2v) is 8.39. The lowest BCUT2D eigenvalue weighted by Crippen LogP contribution is -2.48. The number of hydrazine groups is 1. The Balaban J connectivity index is 1.43. The lowest BCUT2D eigenvalue weighted by Gasteiger charge is -2.20. The summed E-state index contributed by atoms with van der Waals surface area (Å²) in [5, 5.41) is 15.9. The van der Waals surface area contributed by atoms with Crippen LogP contribution in [-0.2, 0) is 9.59 Å². The van der Waals surface area contributed by atoms with Crippen molar-refractivity contribution in [1.82, 2.24) is 16.2 Å². The zero-order valence-electron chi connectivity index (χ0n) is 18.8. The number of nitrogens with one attached hydrogen (secondary N) is 4. The minimum atomic E-state index is -0.582. The van der Waals surface area contributed by atoms with Gasteiger partial charge in [0, 0.05) is 35.4 Å². The van der Waals surface area contributed by atoms with Gasteiger partial charge in [0.1, 0.15) is 0 Å². The molecule has 0 unspecified atom stereocenters. The number of benzene rings is 2. The van der Waals surface area contributed by atoms with Crippen LogP contribution in [0.5, 0.6) is 0 Å². The average molecular weight is 496 g/mol. The first-order valence-electron chi connectivity index (χ1n) is 11.1. The van der Waals surface area contributed by atoms with Gasteiger partial charge in [-0.3, -0.25) is 40.7 Å². The summed E-state index contributed by atoms with van der Waals surface area (Å²) < 4.78 is 0. The van der Waals surface area contributed by atoms with E-state index in [2.05, 4.69) is 21.5 Å². The number of carbonyl (C=O) groups excluding carboxylic acids is 3. The minimum absolute atomic E-state index is 0.00388. The molecule has 0 bridgehead atoms. The number of thiocarbonyl (C=S) groups is 1. The second-order valence-electron chi connectivity index (χ2n) is 7.98. The Bertz CT molecular complexity index is 1140. The van der Waals surface area contributed by atoms with Crippen LogP contribution in [-0.4, -0.2) is 27.8 Å². The molecular formula is C24H25N5O5S. The largest absolute Gasteiger partial charge is 0.326 e. The molecule has 1 aliphatic carbocycles. The van der Waals surface area contributed by atoms with E-state index in [4.69, 9.17) is 12.2 Å². The van der Waals surface area contributed by atoms with Gasteiger partial charge in [0.25, 0.3) is 11.6 Å². The van der Waals surface area contributed by atoms with E-state index >= 15 is 0 Å². The van der Waals surface area contributed by atoms with Crippen molar-refractivity contribution in [3.63, 3.8) is 0 Å². The number of non-ortho nitro benzene ring substituents is 1.